The van der Waals surface area contributed by atoms with Crippen molar-refractivity contribution in [3.8, 4) is 17.6 Å². The lowest BCUT2D eigenvalue weighted by Gasteiger charge is -2.13. The summed E-state index contributed by atoms with van der Waals surface area (Å²) >= 11 is 0. The monoisotopic (exact) mass is 497 g/mol. The van der Waals surface area contributed by atoms with E-state index in [1.54, 1.807) is 31.2 Å². The van der Waals surface area contributed by atoms with Crippen LogP contribution in [-0.2, 0) is 4.79 Å². The van der Waals surface area contributed by atoms with Crippen LogP contribution in [0.1, 0.15) is 23.9 Å². The van der Waals surface area contributed by atoms with Crippen molar-refractivity contribution in [2.75, 3.05) is 18.5 Å². The number of nitro benzene ring substituents is 1. The third-order valence-corrected chi connectivity index (χ3v) is 5.40. The number of imidazole rings is 1. The topological polar surface area (TPSA) is 143 Å². The van der Waals surface area contributed by atoms with E-state index in [2.05, 4.69) is 21.4 Å². The van der Waals surface area contributed by atoms with Gasteiger partial charge in [-0.1, -0.05) is 18.2 Å². The summed E-state index contributed by atoms with van der Waals surface area (Å²) in [5, 5.41) is 23.3. The molecule has 3 aromatic carbocycles. The first-order chi connectivity index (χ1) is 17.9. The first-order valence-electron chi connectivity index (χ1n) is 11.4. The zero-order valence-corrected chi connectivity index (χ0v) is 20.1. The van der Waals surface area contributed by atoms with E-state index < -0.39 is 10.8 Å². The summed E-state index contributed by atoms with van der Waals surface area (Å²) in [5.41, 5.74) is 3.61. The molecule has 1 amide bonds. The van der Waals surface area contributed by atoms with Gasteiger partial charge in [-0.15, -0.1) is 0 Å². The average molecular weight is 498 g/mol. The van der Waals surface area contributed by atoms with Crippen LogP contribution in [0.25, 0.3) is 22.7 Å². The van der Waals surface area contributed by atoms with Gasteiger partial charge in [0.15, 0.2) is 18.1 Å². The van der Waals surface area contributed by atoms with Crippen molar-refractivity contribution in [3.05, 3.63) is 87.7 Å². The zero-order chi connectivity index (χ0) is 26.4. The number of fused-ring (bicyclic) bond motifs is 1. The van der Waals surface area contributed by atoms with E-state index in [1.165, 1.54) is 18.2 Å². The van der Waals surface area contributed by atoms with Gasteiger partial charge >= 0.3 is 0 Å². The number of non-ortho nitro benzene ring substituents is 1. The van der Waals surface area contributed by atoms with Gasteiger partial charge in [0.05, 0.1) is 28.1 Å². The second-order valence-electron chi connectivity index (χ2n) is 8.00. The lowest BCUT2D eigenvalue weighted by atomic mass is 10.1. The van der Waals surface area contributed by atoms with Crippen LogP contribution in [0.3, 0.4) is 0 Å². The summed E-state index contributed by atoms with van der Waals surface area (Å²) in [6, 6.07) is 19.0. The van der Waals surface area contributed by atoms with E-state index in [1.807, 2.05) is 31.2 Å². The number of benzene rings is 3. The van der Waals surface area contributed by atoms with Crippen LogP contribution >= 0.6 is 0 Å². The number of allylic oxidation sites excluding steroid dienone is 1. The number of hydrogen-bond donors (Lipinski definition) is 2. The van der Waals surface area contributed by atoms with Crippen molar-refractivity contribution in [1.82, 2.24) is 9.97 Å². The molecule has 0 spiro atoms. The maximum absolute atomic E-state index is 12.4. The normalized spacial score (nSPS) is 11.1. The summed E-state index contributed by atoms with van der Waals surface area (Å²) in [6.07, 6.45) is 1.69. The number of anilines is 1. The Bertz CT molecular complexity index is 1520. The largest absolute Gasteiger partial charge is 0.490 e. The number of nitrogens with zero attached hydrogens (tertiary/aromatic N) is 3. The van der Waals surface area contributed by atoms with Crippen molar-refractivity contribution in [1.29, 1.82) is 5.26 Å². The number of nitro groups is 1. The van der Waals surface area contributed by atoms with Gasteiger partial charge in [0, 0.05) is 17.8 Å². The number of carbonyl (C=O) groups excluding carboxylic acids is 1. The molecular weight excluding hydrogens is 474 g/mol. The first-order valence-corrected chi connectivity index (χ1v) is 11.4. The van der Waals surface area contributed by atoms with Gasteiger partial charge in [-0.05, 0) is 61.4 Å². The molecule has 0 saturated heterocycles. The number of para-hydroxylation sites is 2. The standard InChI is InChI=1S/C27H23N5O5/c1-3-36-25-14-18(13-19(15-28)27-30-22-6-4-5-7-23(22)31-27)8-11-24(25)37-16-26(33)29-21-10-9-20(32(34)35)12-17(21)2/h4-14H,3,16H2,1-2H3,(H,29,33)(H,30,31)/b19-13+. The van der Waals surface area contributed by atoms with E-state index in [0.29, 0.717) is 46.3 Å². The van der Waals surface area contributed by atoms with E-state index in [9.17, 15) is 20.2 Å². The van der Waals surface area contributed by atoms with Crippen LogP contribution in [0.5, 0.6) is 11.5 Å². The van der Waals surface area contributed by atoms with Gasteiger partial charge in [0.25, 0.3) is 11.6 Å². The number of aryl methyl sites for hydroxylation is 1. The molecule has 0 fully saturated rings. The van der Waals surface area contributed by atoms with Gasteiger partial charge in [0.1, 0.15) is 11.9 Å². The Labute approximate surface area is 212 Å². The summed E-state index contributed by atoms with van der Waals surface area (Å²) in [7, 11) is 0. The molecule has 0 atom stereocenters. The lowest BCUT2D eigenvalue weighted by molar-refractivity contribution is -0.384. The van der Waals surface area contributed by atoms with Gasteiger partial charge < -0.3 is 19.8 Å². The molecule has 1 aromatic heterocycles. The molecule has 0 aliphatic carbocycles. The van der Waals surface area contributed by atoms with Crippen molar-refractivity contribution in [2.24, 2.45) is 0 Å². The number of carbonyl (C=O) groups is 1. The lowest BCUT2D eigenvalue weighted by Crippen LogP contribution is -2.21. The Balaban J connectivity index is 1.49. The highest BCUT2D eigenvalue weighted by molar-refractivity contribution is 5.93. The molecule has 2 N–H and O–H groups in total. The fourth-order valence-corrected chi connectivity index (χ4v) is 3.63. The molecule has 10 nitrogen and oxygen atoms in total. The summed E-state index contributed by atoms with van der Waals surface area (Å²) in [4.78, 5) is 30.5. The molecule has 0 unspecified atom stereocenters. The molecule has 4 aromatic rings. The Kier molecular flexibility index (Phi) is 7.45. The number of hydrogen-bond acceptors (Lipinski definition) is 7. The Morgan fingerprint density at radius 3 is 2.68 bits per heavy atom. The molecule has 1 heterocycles. The molecule has 10 heteroatoms. The third-order valence-electron chi connectivity index (χ3n) is 5.40. The van der Waals surface area contributed by atoms with Gasteiger partial charge in [-0.2, -0.15) is 5.26 Å². The maximum atomic E-state index is 12.4. The Morgan fingerprint density at radius 1 is 1.16 bits per heavy atom. The number of aromatic amines is 1. The fourth-order valence-electron chi connectivity index (χ4n) is 3.63. The van der Waals surface area contributed by atoms with E-state index in [0.717, 1.165) is 11.0 Å². The van der Waals surface area contributed by atoms with Crippen LogP contribution in [0.4, 0.5) is 11.4 Å². The molecule has 4 rings (SSSR count). The van der Waals surface area contributed by atoms with Gasteiger partial charge in [-0.3, -0.25) is 14.9 Å². The minimum absolute atomic E-state index is 0.0536. The maximum Gasteiger partial charge on any atom is 0.269 e. The highest BCUT2D eigenvalue weighted by atomic mass is 16.6. The molecule has 0 bridgehead atoms. The summed E-state index contributed by atoms with van der Waals surface area (Å²) in [5.74, 6) is 0.800. The van der Waals surface area contributed by atoms with E-state index in [-0.39, 0.29) is 12.3 Å². The number of amides is 1. The Hall–Kier alpha value is -5.17. The quantitative estimate of drug-likeness (QED) is 0.182. The van der Waals surface area contributed by atoms with E-state index >= 15 is 0 Å². The number of nitriles is 1. The first kappa shape index (κ1) is 24.9. The van der Waals surface area contributed by atoms with E-state index in [4.69, 9.17) is 9.47 Å². The second kappa shape index (κ2) is 11.0. The smallest absolute Gasteiger partial charge is 0.269 e. The minimum Gasteiger partial charge on any atom is -0.490 e. The molecular formula is C27H23N5O5. The van der Waals surface area contributed by atoms with Crippen LogP contribution in [0.2, 0.25) is 0 Å². The summed E-state index contributed by atoms with van der Waals surface area (Å²) < 4.78 is 11.4. The zero-order valence-electron chi connectivity index (χ0n) is 20.1. The van der Waals surface area contributed by atoms with Crippen molar-refractivity contribution in [3.63, 3.8) is 0 Å². The molecule has 37 heavy (non-hydrogen) atoms. The SMILES string of the molecule is CCOc1cc(/C=C(\C#N)c2nc3ccccc3[nH]2)ccc1OCC(=O)Nc1ccc([N+](=O)[O-])cc1C. The van der Waals surface area contributed by atoms with Gasteiger partial charge in [0.2, 0.25) is 0 Å². The number of nitrogens with one attached hydrogen (secondary N) is 2. The number of ether oxygens (including phenoxy) is 2. The average Bonchev–Trinajstić information content (AvgIpc) is 3.32. The summed E-state index contributed by atoms with van der Waals surface area (Å²) in [6.45, 7) is 3.57. The van der Waals surface area contributed by atoms with Gasteiger partial charge in [-0.25, -0.2) is 4.98 Å². The van der Waals surface area contributed by atoms with Crippen LogP contribution in [-0.4, -0.2) is 34.0 Å². The minimum atomic E-state index is -0.494. The predicted molar refractivity (Wildman–Crippen MR) is 139 cm³/mol. The van der Waals surface area contributed by atoms with Crippen LogP contribution < -0.4 is 14.8 Å². The molecule has 0 saturated carbocycles. The third kappa shape index (κ3) is 5.91. The predicted octanol–water partition coefficient (Wildman–Crippen LogP) is 5.26. The van der Waals surface area contributed by atoms with Crippen LogP contribution in [0.15, 0.2) is 60.7 Å². The Morgan fingerprint density at radius 2 is 1.97 bits per heavy atom. The van der Waals surface area contributed by atoms with Crippen molar-refractivity contribution >= 4 is 40.0 Å². The molecule has 0 radical (unpaired) electrons. The number of rotatable bonds is 9. The van der Waals surface area contributed by atoms with Crippen molar-refractivity contribution in [2.45, 2.75) is 13.8 Å². The van der Waals surface area contributed by atoms with Crippen molar-refractivity contribution < 1.29 is 19.2 Å². The number of aromatic nitrogens is 2. The van der Waals surface area contributed by atoms with Crippen LogP contribution in [0, 0.1) is 28.4 Å². The molecule has 0 aliphatic rings. The molecule has 186 valence electrons. The molecule has 0 aliphatic heterocycles. The fraction of sp³-hybridized carbons (Fsp3) is 0.148. The number of H-pyrrole nitrogens is 1. The second-order valence-corrected chi connectivity index (χ2v) is 8.00. The highest BCUT2D eigenvalue weighted by Crippen LogP contribution is 2.30. The highest BCUT2D eigenvalue weighted by Gasteiger charge is 2.13.